The number of benzene rings is 2. The molecule has 4 amide bonds. The van der Waals surface area contributed by atoms with Gasteiger partial charge in [0.2, 0.25) is 11.5 Å². The van der Waals surface area contributed by atoms with Crippen molar-refractivity contribution >= 4 is 34.2 Å². The molecule has 2 saturated heterocycles. The summed E-state index contributed by atoms with van der Waals surface area (Å²) in [5.74, 6) is -1.76. The Balaban J connectivity index is 1.23. The van der Waals surface area contributed by atoms with E-state index in [1.165, 1.54) is 36.1 Å². The Kier molecular flexibility index (Phi) is 8.96. The fourth-order valence-electron chi connectivity index (χ4n) is 6.56. The van der Waals surface area contributed by atoms with E-state index < -0.39 is 58.2 Å². The van der Waals surface area contributed by atoms with Gasteiger partial charge in [0.25, 0.3) is 5.91 Å². The summed E-state index contributed by atoms with van der Waals surface area (Å²) in [7, 11) is -2.49. The third-order valence-corrected chi connectivity index (χ3v) is 10.3. The zero-order valence-electron chi connectivity index (χ0n) is 26.4. The molecule has 2 atom stereocenters. The number of hydrogen-bond donors (Lipinski definition) is 1. The SMILES string of the molecule is CCOC(=O)NS(=O)(=O)N1CCC[C@@H](N(Cc2ccc(F)cc2)C(=O)CN2C(=O)O[C@@]3(CCc4cc(-c5cnn(C)c5)ccc43)C2=O)C1. The van der Waals surface area contributed by atoms with Crippen molar-refractivity contribution in [3.05, 3.63) is 77.4 Å². The van der Waals surface area contributed by atoms with Gasteiger partial charge in [-0.15, -0.1) is 0 Å². The van der Waals surface area contributed by atoms with Crippen molar-refractivity contribution in [1.29, 1.82) is 0 Å². The van der Waals surface area contributed by atoms with E-state index in [4.69, 9.17) is 9.47 Å². The molecule has 16 heteroatoms. The fraction of sp³-hybridized carbons (Fsp3) is 0.406. The van der Waals surface area contributed by atoms with Gasteiger partial charge in [-0.1, -0.05) is 30.3 Å². The topological polar surface area (TPSA) is 160 Å². The summed E-state index contributed by atoms with van der Waals surface area (Å²) in [6.45, 7) is 0.734. The number of aromatic nitrogens is 2. The average molecular weight is 683 g/mol. The summed E-state index contributed by atoms with van der Waals surface area (Å²) in [4.78, 5) is 55.3. The Morgan fingerprint density at radius 1 is 1.17 bits per heavy atom. The van der Waals surface area contributed by atoms with Crippen LogP contribution in [0.25, 0.3) is 11.1 Å². The summed E-state index contributed by atoms with van der Waals surface area (Å²) < 4.78 is 54.7. The summed E-state index contributed by atoms with van der Waals surface area (Å²) in [6, 6.07) is 10.3. The summed E-state index contributed by atoms with van der Waals surface area (Å²) in [5, 5.41) is 4.21. The molecule has 0 bridgehead atoms. The zero-order valence-corrected chi connectivity index (χ0v) is 27.2. The predicted molar refractivity (Wildman–Crippen MR) is 167 cm³/mol. The van der Waals surface area contributed by atoms with Crippen LogP contribution in [-0.4, -0.2) is 88.6 Å². The maximum atomic E-state index is 14.0. The van der Waals surface area contributed by atoms with Crippen molar-refractivity contribution < 1.29 is 41.5 Å². The second-order valence-electron chi connectivity index (χ2n) is 12.0. The van der Waals surface area contributed by atoms with Gasteiger partial charge in [-0.2, -0.15) is 17.8 Å². The standard InChI is InChI=1S/C32H35FN6O8S/c1-3-46-30(42)35-48(44,45)37-14-4-5-26(19-37)38(17-21-6-9-25(33)10-7-21)28(40)20-39-29(41)32(47-31(39)43)13-12-23-15-22(8-11-27(23)32)24-16-34-36(2)18-24/h6-11,15-16,18,26H,3-5,12-14,17,19-20H2,1-2H3,(H,35,42)/t26-,32-/m1/s1. The second kappa shape index (κ2) is 13.0. The predicted octanol–water partition coefficient (Wildman–Crippen LogP) is 2.83. The zero-order chi connectivity index (χ0) is 34.2. The van der Waals surface area contributed by atoms with E-state index >= 15 is 0 Å². The number of carbonyl (C=O) groups is 4. The summed E-state index contributed by atoms with van der Waals surface area (Å²) >= 11 is 0. The number of ether oxygens (including phenoxy) is 2. The summed E-state index contributed by atoms with van der Waals surface area (Å²) in [5.41, 5.74) is 2.21. The molecule has 0 unspecified atom stereocenters. The Morgan fingerprint density at radius 2 is 1.94 bits per heavy atom. The van der Waals surface area contributed by atoms with Gasteiger partial charge in [0.15, 0.2) is 0 Å². The van der Waals surface area contributed by atoms with E-state index in [2.05, 4.69) is 5.10 Å². The van der Waals surface area contributed by atoms with E-state index in [0.29, 0.717) is 30.4 Å². The first-order chi connectivity index (χ1) is 22.9. The van der Waals surface area contributed by atoms with E-state index in [1.807, 2.05) is 30.1 Å². The molecule has 1 aromatic heterocycles. The molecule has 2 aromatic carbocycles. The van der Waals surface area contributed by atoms with E-state index in [1.54, 1.807) is 16.9 Å². The number of amides is 4. The number of fused-ring (bicyclic) bond motifs is 2. The van der Waals surface area contributed by atoms with Crippen LogP contribution in [0.4, 0.5) is 14.0 Å². The van der Waals surface area contributed by atoms with Crippen molar-refractivity contribution in [2.24, 2.45) is 7.05 Å². The minimum absolute atomic E-state index is 0.0269. The lowest BCUT2D eigenvalue weighted by Crippen LogP contribution is -2.56. The van der Waals surface area contributed by atoms with Gasteiger partial charge in [0.05, 0.1) is 12.8 Å². The third kappa shape index (κ3) is 6.36. The van der Waals surface area contributed by atoms with Crippen molar-refractivity contribution in [2.45, 2.75) is 50.8 Å². The van der Waals surface area contributed by atoms with Crippen LogP contribution in [0.1, 0.15) is 42.9 Å². The van der Waals surface area contributed by atoms with E-state index in [-0.39, 0.29) is 32.7 Å². The van der Waals surface area contributed by atoms with Crippen LogP contribution in [0.15, 0.2) is 54.9 Å². The van der Waals surface area contributed by atoms with Crippen molar-refractivity contribution in [2.75, 3.05) is 26.2 Å². The van der Waals surface area contributed by atoms with Gasteiger partial charge >= 0.3 is 22.4 Å². The van der Waals surface area contributed by atoms with Crippen LogP contribution in [0.3, 0.4) is 0 Å². The molecule has 2 fully saturated rings. The number of nitrogens with one attached hydrogen (secondary N) is 1. The minimum Gasteiger partial charge on any atom is -0.449 e. The van der Waals surface area contributed by atoms with Crippen molar-refractivity contribution in [3.63, 3.8) is 0 Å². The highest BCUT2D eigenvalue weighted by molar-refractivity contribution is 7.87. The molecule has 1 spiro atoms. The summed E-state index contributed by atoms with van der Waals surface area (Å²) in [6.07, 6.45) is 2.97. The highest BCUT2D eigenvalue weighted by Gasteiger charge is 2.58. The third-order valence-electron chi connectivity index (χ3n) is 8.91. The first-order valence-corrected chi connectivity index (χ1v) is 17.0. The molecule has 6 rings (SSSR count). The number of nitrogens with zero attached hydrogens (tertiary/aromatic N) is 5. The largest absolute Gasteiger partial charge is 0.449 e. The van der Waals surface area contributed by atoms with Crippen LogP contribution in [0.2, 0.25) is 0 Å². The minimum atomic E-state index is -4.30. The molecule has 3 aliphatic rings. The molecule has 254 valence electrons. The first kappa shape index (κ1) is 33.1. The molecule has 0 radical (unpaired) electrons. The Labute approximate surface area is 276 Å². The molecule has 2 aliphatic heterocycles. The second-order valence-corrected chi connectivity index (χ2v) is 13.7. The molecule has 3 heterocycles. The maximum absolute atomic E-state index is 14.0. The highest BCUT2D eigenvalue weighted by atomic mass is 32.2. The van der Waals surface area contributed by atoms with Crippen molar-refractivity contribution in [3.8, 4) is 11.1 Å². The van der Waals surface area contributed by atoms with Gasteiger partial charge in [-0.3, -0.25) is 14.3 Å². The maximum Gasteiger partial charge on any atom is 0.421 e. The number of hydrogen-bond acceptors (Lipinski definition) is 9. The van der Waals surface area contributed by atoms with Crippen LogP contribution in [0, 0.1) is 5.82 Å². The number of imide groups is 1. The Morgan fingerprint density at radius 3 is 2.65 bits per heavy atom. The molecular formula is C32H35FN6O8S. The van der Waals surface area contributed by atoms with Gasteiger partial charge in [0.1, 0.15) is 12.4 Å². The lowest BCUT2D eigenvalue weighted by molar-refractivity contribution is -0.143. The van der Waals surface area contributed by atoms with Crippen LogP contribution in [0.5, 0.6) is 0 Å². The molecule has 14 nitrogen and oxygen atoms in total. The number of carbonyl (C=O) groups excluding carboxylic acids is 4. The van der Waals surface area contributed by atoms with E-state index in [9.17, 15) is 32.0 Å². The van der Waals surface area contributed by atoms with Gasteiger partial charge in [0, 0.05) is 56.5 Å². The molecule has 3 aromatic rings. The van der Waals surface area contributed by atoms with Crippen molar-refractivity contribution in [1.82, 2.24) is 28.6 Å². The lowest BCUT2D eigenvalue weighted by Gasteiger charge is -2.39. The molecule has 1 N–H and O–H groups in total. The smallest absolute Gasteiger partial charge is 0.421 e. The molecule has 48 heavy (non-hydrogen) atoms. The Hall–Kier alpha value is -4.83. The normalized spacial score (nSPS) is 20.9. The molecule has 1 aliphatic carbocycles. The molecular weight excluding hydrogens is 647 g/mol. The van der Waals surface area contributed by atoms with Crippen LogP contribution < -0.4 is 4.72 Å². The number of piperidine rings is 1. The van der Waals surface area contributed by atoms with Crippen LogP contribution >= 0.6 is 0 Å². The Bertz CT molecular complexity index is 1870. The van der Waals surface area contributed by atoms with Gasteiger partial charge in [-0.05, 0) is 55.0 Å². The number of aryl methyl sites for hydroxylation is 2. The van der Waals surface area contributed by atoms with Gasteiger partial charge < -0.3 is 14.4 Å². The quantitative estimate of drug-likeness (QED) is 0.358. The van der Waals surface area contributed by atoms with E-state index in [0.717, 1.165) is 25.9 Å². The molecule has 0 saturated carbocycles. The first-order valence-electron chi connectivity index (χ1n) is 15.6. The lowest BCUT2D eigenvalue weighted by atomic mass is 9.93. The van der Waals surface area contributed by atoms with Crippen LogP contribution in [-0.2, 0) is 54.9 Å². The van der Waals surface area contributed by atoms with Gasteiger partial charge in [-0.25, -0.2) is 23.6 Å². The number of halogens is 1. The highest BCUT2D eigenvalue weighted by Crippen LogP contribution is 2.46. The average Bonchev–Trinajstić information content (AvgIpc) is 3.72. The fourth-order valence-corrected chi connectivity index (χ4v) is 7.70. The number of rotatable bonds is 9. The monoisotopic (exact) mass is 682 g/mol.